The molecule has 0 unspecified atom stereocenters. The van der Waals surface area contributed by atoms with Crippen LogP contribution in [0, 0.1) is 5.41 Å². The summed E-state index contributed by atoms with van der Waals surface area (Å²) in [7, 11) is 1.62. The zero-order valence-corrected chi connectivity index (χ0v) is 14.1. The van der Waals surface area contributed by atoms with Gasteiger partial charge in [-0.25, -0.2) is 0 Å². The molecule has 3 rings (SSSR count). The van der Waals surface area contributed by atoms with E-state index in [0.717, 1.165) is 24.0 Å². The van der Waals surface area contributed by atoms with Gasteiger partial charge in [-0.1, -0.05) is 49.4 Å². The van der Waals surface area contributed by atoms with Crippen LogP contribution in [-0.2, 0) is 11.4 Å². The van der Waals surface area contributed by atoms with Crippen molar-refractivity contribution in [1.29, 1.82) is 0 Å². The molecule has 2 aromatic rings. The maximum absolute atomic E-state index is 12.1. The Morgan fingerprint density at radius 3 is 2.54 bits per heavy atom. The molecule has 0 bridgehead atoms. The van der Waals surface area contributed by atoms with Crippen LogP contribution in [0.1, 0.15) is 30.9 Å². The van der Waals surface area contributed by atoms with E-state index >= 15 is 0 Å². The number of hydrogen-bond donors (Lipinski definition) is 0. The molecule has 124 valence electrons. The number of hydrogen-bond acceptors (Lipinski definition) is 3. The zero-order valence-electron chi connectivity index (χ0n) is 14.1. The maximum atomic E-state index is 12.1. The third kappa shape index (κ3) is 3.85. The normalized spacial score (nSPS) is 15.2. The van der Waals surface area contributed by atoms with Gasteiger partial charge in [-0.3, -0.25) is 4.79 Å². The molecule has 0 N–H and O–H groups in total. The van der Waals surface area contributed by atoms with Crippen molar-refractivity contribution in [3.63, 3.8) is 0 Å². The number of allylic oxidation sites excluding steroid dienone is 1. The molecule has 0 aromatic heterocycles. The number of methoxy groups -OCH3 is 1. The van der Waals surface area contributed by atoms with Gasteiger partial charge in [0, 0.05) is 5.41 Å². The van der Waals surface area contributed by atoms with Gasteiger partial charge < -0.3 is 9.47 Å². The van der Waals surface area contributed by atoms with E-state index in [1.807, 2.05) is 61.5 Å². The lowest BCUT2D eigenvalue weighted by Crippen LogP contribution is -2.07. The first-order valence-corrected chi connectivity index (χ1v) is 8.18. The quantitative estimate of drug-likeness (QED) is 0.696. The van der Waals surface area contributed by atoms with Crippen molar-refractivity contribution in [2.24, 2.45) is 5.41 Å². The predicted octanol–water partition coefficient (Wildman–Crippen LogP) is 4.66. The first kappa shape index (κ1) is 16.3. The van der Waals surface area contributed by atoms with Gasteiger partial charge in [-0.05, 0) is 42.2 Å². The molecule has 0 spiro atoms. The number of carbonyl (C=O) groups excluding carboxylic acids is 1. The second kappa shape index (κ2) is 6.91. The van der Waals surface area contributed by atoms with Crippen LogP contribution in [0.2, 0.25) is 0 Å². The van der Waals surface area contributed by atoms with Crippen molar-refractivity contribution in [1.82, 2.24) is 0 Å². The molecule has 0 heterocycles. The molecule has 3 nitrogen and oxygen atoms in total. The maximum Gasteiger partial charge on any atom is 0.162 e. The largest absolute Gasteiger partial charge is 0.493 e. The van der Waals surface area contributed by atoms with Gasteiger partial charge in [0.05, 0.1) is 7.11 Å². The van der Waals surface area contributed by atoms with Crippen LogP contribution >= 0.6 is 0 Å². The standard InChI is InChI=1S/C21H22O3/c1-21(12-13-21)20(22)11-9-16-8-10-18(23-2)19(14-16)24-15-17-6-4-3-5-7-17/h3-11,14H,12-13,15H2,1-2H3/b11-9+. The lowest BCUT2D eigenvalue weighted by molar-refractivity contribution is -0.118. The fourth-order valence-electron chi connectivity index (χ4n) is 2.45. The molecule has 0 saturated heterocycles. The van der Waals surface area contributed by atoms with Crippen LogP contribution in [0.4, 0.5) is 0 Å². The highest BCUT2D eigenvalue weighted by Crippen LogP contribution is 2.46. The summed E-state index contributed by atoms with van der Waals surface area (Å²) in [6, 6.07) is 15.7. The Morgan fingerprint density at radius 1 is 1.12 bits per heavy atom. The first-order valence-electron chi connectivity index (χ1n) is 8.18. The molecule has 3 heteroatoms. The minimum absolute atomic E-state index is 0.129. The zero-order chi connectivity index (χ0) is 17.0. The molecular weight excluding hydrogens is 300 g/mol. The fraction of sp³-hybridized carbons (Fsp3) is 0.286. The molecule has 0 amide bonds. The average molecular weight is 322 g/mol. The lowest BCUT2D eigenvalue weighted by atomic mass is 10.0. The lowest BCUT2D eigenvalue weighted by Gasteiger charge is -2.11. The summed E-state index contributed by atoms with van der Waals surface area (Å²) >= 11 is 0. The van der Waals surface area contributed by atoms with Gasteiger partial charge in [0.25, 0.3) is 0 Å². The van der Waals surface area contributed by atoms with Crippen LogP contribution in [0.5, 0.6) is 11.5 Å². The first-order chi connectivity index (χ1) is 11.6. The van der Waals surface area contributed by atoms with Crippen LogP contribution in [-0.4, -0.2) is 12.9 Å². The molecule has 24 heavy (non-hydrogen) atoms. The van der Waals surface area contributed by atoms with Crippen molar-refractivity contribution in [2.75, 3.05) is 7.11 Å². The Labute approximate surface area is 142 Å². The second-order valence-electron chi connectivity index (χ2n) is 6.44. The summed E-state index contributed by atoms with van der Waals surface area (Å²) in [5.41, 5.74) is 1.89. The van der Waals surface area contributed by atoms with Crippen molar-refractivity contribution < 1.29 is 14.3 Å². The smallest absolute Gasteiger partial charge is 0.162 e. The van der Waals surface area contributed by atoms with E-state index in [9.17, 15) is 4.79 Å². The minimum Gasteiger partial charge on any atom is -0.493 e. The molecular formula is C21H22O3. The summed E-state index contributed by atoms with van der Waals surface area (Å²) in [5.74, 6) is 1.56. The molecule has 1 aliphatic rings. The average Bonchev–Trinajstić information content (AvgIpc) is 3.37. The Kier molecular flexibility index (Phi) is 4.70. The summed E-state index contributed by atoms with van der Waals surface area (Å²) in [6.07, 6.45) is 5.50. The number of rotatable bonds is 7. The fourth-order valence-corrected chi connectivity index (χ4v) is 2.45. The molecule has 2 aromatic carbocycles. The van der Waals surface area contributed by atoms with Gasteiger partial charge in [-0.2, -0.15) is 0 Å². The molecule has 1 aliphatic carbocycles. The van der Waals surface area contributed by atoms with Crippen molar-refractivity contribution in [3.8, 4) is 11.5 Å². The number of carbonyl (C=O) groups is 1. The van der Waals surface area contributed by atoms with Crippen LogP contribution in [0.3, 0.4) is 0 Å². The third-order valence-corrected chi connectivity index (χ3v) is 4.45. The Morgan fingerprint density at radius 2 is 1.88 bits per heavy atom. The van der Waals surface area contributed by atoms with E-state index in [0.29, 0.717) is 18.1 Å². The summed E-state index contributed by atoms with van der Waals surface area (Å²) in [6.45, 7) is 2.49. The minimum atomic E-state index is -0.129. The summed E-state index contributed by atoms with van der Waals surface area (Å²) in [5, 5.41) is 0. The van der Waals surface area contributed by atoms with E-state index in [1.165, 1.54) is 0 Å². The number of ether oxygens (including phenoxy) is 2. The van der Waals surface area contributed by atoms with Crippen LogP contribution in [0.15, 0.2) is 54.6 Å². The van der Waals surface area contributed by atoms with Crippen molar-refractivity contribution in [3.05, 3.63) is 65.7 Å². The molecule has 0 atom stereocenters. The van der Waals surface area contributed by atoms with E-state index < -0.39 is 0 Å². The van der Waals surface area contributed by atoms with Crippen molar-refractivity contribution >= 4 is 11.9 Å². The summed E-state index contributed by atoms with van der Waals surface area (Å²) in [4.78, 5) is 12.1. The SMILES string of the molecule is COc1ccc(/C=C/C(=O)C2(C)CC2)cc1OCc1ccccc1. The Hall–Kier alpha value is -2.55. The summed E-state index contributed by atoms with van der Waals surface area (Å²) < 4.78 is 11.3. The van der Waals surface area contributed by atoms with Gasteiger partial charge in [0.2, 0.25) is 0 Å². The van der Waals surface area contributed by atoms with Crippen LogP contribution < -0.4 is 9.47 Å². The van der Waals surface area contributed by atoms with Gasteiger partial charge in [-0.15, -0.1) is 0 Å². The molecule has 1 fully saturated rings. The Bertz CT molecular complexity index is 743. The molecule has 1 saturated carbocycles. The van der Waals surface area contributed by atoms with Crippen LogP contribution in [0.25, 0.3) is 6.08 Å². The van der Waals surface area contributed by atoms with E-state index in [1.54, 1.807) is 13.2 Å². The van der Waals surface area contributed by atoms with Gasteiger partial charge >= 0.3 is 0 Å². The van der Waals surface area contributed by atoms with E-state index in [-0.39, 0.29) is 11.2 Å². The van der Waals surface area contributed by atoms with E-state index in [4.69, 9.17) is 9.47 Å². The highest BCUT2D eigenvalue weighted by molar-refractivity contribution is 5.99. The highest BCUT2D eigenvalue weighted by atomic mass is 16.5. The van der Waals surface area contributed by atoms with Gasteiger partial charge in [0.1, 0.15) is 6.61 Å². The monoisotopic (exact) mass is 322 g/mol. The third-order valence-electron chi connectivity index (χ3n) is 4.45. The highest BCUT2D eigenvalue weighted by Gasteiger charge is 2.42. The molecule has 0 radical (unpaired) electrons. The molecule has 0 aliphatic heterocycles. The van der Waals surface area contributed by atoms with Gasteiger partial charge in [0.15, 0.2) is 17.3 Å². The predicted molar refractivity (Wildman–Crippen MR) is 95.2 cm³/mol. The number of benzene rings is 2. The van der Waals surface area contributed by atoms with E-state index in [2.05, 4.69) is 0 Å². The second-order valence-corrected chi connectivity index (χ2v) is 6.44. The number of ketones is 1. The van der Waals surface area contributed by atoms with Crippen molar-refractivity contribution in [2.45, 2.75) is 26.4 Å². The topological polar surface area (TPSA) is 35.5 Å². The Balaban J connectivity index is 1.72.